The van der Waals surface area contributed by atoms with Gasteiger partial charge in [0.25, 0.3) is 0 Å². The molecule has 3 N–H and O–H groups in total. The number of nitrogens with zero attached hydrogens (tertiary/aromatic N) is 2. The topological polar surface area (TPSA) is 160 Å². The van der Waals surface area contributed by atoms with Gasteiger partial charge in [-0.1, -0.05) is 95.0 Å². The summed E-state index contributed by atoms with van der Waals surface area (Å²) in [5, 5.41) is 39.2. The number of hydrogen-bond donors (Lipinski definition) is 3. The SMILES string of the molecule is CCCC[C@H](NC(=O)[C@H](Cc1ccccc1)CS(=O)(=O)C1CCCC1)C(=O)N([O-])[C@@H](CC1CCCCC1)[C@@H](O)[C@@H](O)CN1CCOCC1. The van der Waals surface area contributed by atoms with Crippen LogP contribution in [0.3, 0.4) is 0 Å². The number of β-amino-alcohol motifs (C(OH)–C–C–N with tert-alkyl or cyclic N) is 1. The molecule has 4 rings (SSSR count). The van der Waals surface area contributed by atoms with Gasteiger partial charge in [0.1, 0.15) is 12.1 Å². The van der Waals surface area contributed by atoms with Gasteiger partial charge in [0, 0.05) is 25.7 Å². The Morgan fingerprint density at radius 3 is 2.31 bits per heavy atom. The van der Waals surface area contributed by atoms with E-state index in [0.717, 1.165) is 50.5 Å². The van der Waals surface area contributed by atoms with E-state index in [2.05, 4.69) is 5.32 Å². The summed E-state index contributed by atoms with van der Waals surface area (Å²) in [4.78, 5) is 29.9. The van der Waals surface area contributed by atoms with E-state index in [1.807, 2.05) is 42.2 Å². The molecule has 12 heteroatoms. The van der Waals surface area contributed by atoms with E-state index in [1.54, 1.807) is 0 Å². The number of nitrogens with one attached hydrogen (secondary N) is 1. The first-order chi connectivity index (χ1) is 23.1. The van der Waals surface area contributed by atoms with Crippen molar-refractivity contribution >= 4 is 21.7 Å². The zero-order valence-corrected chi connectivity index (χ0v) is 29.5. The van der Waals surface area contributed by atoms with Crippen LogP contribution in [-0.2, 0) is 30.6 Å². The van der Waals surface area contributed by atoms with Crippen molar-refractivity contribution in [2.45, 2.75) is 126 Å². The van der Waals surface area contributed by atoms with Crippen LogP contribution in [0.25, 0.3) is 0 Å². The summed E-state index contributed by atoms with van der Waals surface area (Å²) >= 11 is 0. The summed E-state index contributed by atoms with van der Waals surface area (Å²) < 4.78 is 32.3. The number of carbonyl (C=O) groups excluding carboxylic acids is 2. The number of sulfone groups is 1. The van der Waals surface area contributed by atoms with Crippen molar-refractivity contribution in [2.24, 2.45) is 11.8 Å². The Labute approximate surface area is 287 Å². The Bertz CT molecular complexity index is 1220. The van der Waals surface area contributed by atoms with Crippen LogP contribution in [0.4, 0.5) is 0 Å². The normalized spacial score (nSPS) is 21.7. The number of unbranched alkanes of at least 4 members (excludes halogenated alkanes) is 1. The molecule has 1 aliphatic heterocycles. The first-order valence-electron chi connectivity index (χ1n) is 18.3. The Hall–Kier alpha value is -2.09. The second-order valence-corrected chi connectivity index (χ2v) is 16.6. The van der Waals surface area contributed by atoms with E-state index in [0.29, 0.717) is 57.0 Å². The summed E-state index contributed by atoms with van der Waals surface area (Å²) in [6.07, 6.45) is 6.99. The highest BCUT2D eigenvalue weighted by molar-refractivity contribution is 7.92. The molecule has 1 heterocycles. The predicted octanol–water partition coefficient (Wildman–Crippen LogP) is 3.60. The van der Waals surface area contributed by atoms with Crippen molar-refractivity contribution in [3.8, 4) is 0 Å². The highest BCUT2D eigenvalue weighted by Gasteiger charge is 2.38. The van der Waals surface area contributed by atoms with Gasteiger partial charge in [-0.05, 0) is 43.6 Å². The van der Waals surface area contributed by atoms with Crippen LogP contribution in [0.15, 0.2) is 30.3 Å². The third-order valence-electron chi connectivity index (χ3n) is 10.6. The molecule has 3 fully saturated rings. The van der Waals surface area contributed by atoms with Crippen LogP contribution in [0.5, 0.6) is 0 Å². The third kappa shape index (κ3) is 11.5. The van der Waals surface area contributed by atoms with Gasteiger partial charge in [-0.2, -0.15) is 0 Å². The molecule has 0 radical (unpaired) electrons. The fourth-order valence-electron chi connectivity index (χ4n) is 7.61. The molecule has 2 aliphatic carbocycles. The maximum atomic E-state index is 14.0. The minimum Gasteiger partial charge on any atom is -0.756 e. The van der Waals surface area contributed by atoms with Crippen molar-refractivity contribution in [2.75, 3.05) is 38.6 Å². The van der Waals surface area contributed by atoms with Gasteiger partial charge in [-0.25, -0.2) is 8.42 Å². The molecule has 0 aromatic heterocycles. The van der Waals surface area contributed by atoms with Crippen LogP contribution < -0.4 is 5.32 Å². The summed E-state index contributed by atoms with van der Waals surface area (Å²) in [6.45, 7) is 4.34. The van der Waals surface area contributed by atoms with Gasteiger partial charge in [0.15, 0.2) is 9.84 Å². The molecule has 0 spiro atoms. The number of hydroxylamine groups is 2. The lowest BCUT2D eigenvalue weighted by Gasteiger charge is -2.45. The second-order valence-electron chi connectivity index (χ2n) is 14.3. The summed E-state index contributed by atoms with van der Waals surface area (Å²) in [5.74, 6) is -2.57. The zero-order chi connectivity index (χ0) is 34.5. The Balaban J connectivity index is 1.53. The third-order valence-corrected chi connectivity index (χ3v) is 12.9. The number of ether oxygens (including phenoxy) is 1. The molecular formula is C36H58N3O8S-. The Morgan fingerprint density at radius 1 is 1.02 bits per heavy atom. The monoisotopic (exact) mass is 692 g/mol. The Morgan fingerprint density at radius 2 is 1.67 bits per heavy atom. The number of amides is 2. The number of benzene rings is 1. The van der Waals surface area contributed by atoms with E-state index >= 15 is 0 Å². The lowest BCUT2D eigenvalue weighted by atomic mass is 9.82. The molecule has 2 saturated carbocycles. The fourth-order valence-corrected chi connectivity index (χ4v) is 9.77. The van der Waals surface area contributed by atoms with Gasteiger partial charge in [-0.15, -0.1) is 0 Å². The molecule has 0 unspecified atom stereocenters. The van der Waals surface area contributed by atoms with Gasteiger partial charge < -0.3 is 30.5 Å². The second kappa shape index (κ2) is 19.3. The average molecular weight is 693 g/mol. The number of aliphatic hydroxyl groups excluding tert-OH is 2. The smallest absolute Gasteiger partial charge is 0.234 e. The van der Waals surface area contributed by atoms with Crippen molar-refractivity contribution < 1.29 is 33.0 Å². The van der Waals surface area contributed by atoms with E-state index in [4.69, 9.17) is 4.74 Å². The standard InChI is InChI=1S/C36H58N3O8S/c1-2-3-18-31(37-35(42)29(23-27-12-6-4-7-13-27)26-48(45,46)30-16-10-11-17-30)36(43)39(44)32(24-28-14-8-5-9-15-28)34(41)33(40)25-38-19-21-47-22-20-38/h4,6-7,12-13,28-34,40-41H,2-3,5,8-11,14-26H2,1H3,(H,37,42)/q-1/t29-,31+,32+,33+,34-/m1/s1. The lowest BCUT2D eigenvalue weighted by molar-refractivity contribution is -0.141. The fraction of sp³-hybridized carbons (Fsp3) is 0.778. The molecule has 1 aromatic carbocycles. The highest BCUT2D eigenvalue weighted by Crippen LogP contribution is 2.31. The van der Waals surface area contributed by atoms with Crippen LogP contribution in [0.1, 0.15) is 96.0 Å². The Kier molecular flexibility index (Phi) is 15.6. The largest absolute Gasteiger partial charge is 0.756 e. The van der Waals surface area contributed by atoms with Crippen molar-refractivity contribution in [1.29, 1.82) is 0 Å². The molecular weight excluding hydrogens is 634 g/mol. The van der Waals surface area contributed by atoms with Crippen LogP contribution in [0, 0.1) is 17.0 Å². The molecule has 2 amide bonds. The minimum atomic E-state index is -3.57. The van der Waals surface area contributed by atoms with E-state index < -0.39 is 57.1 Å². The number of carbonyl (C=O) groups is 2. The highest BCUT2D eigenvalue weighted by atomic mass is 32.2. The number of aliphatic hydroxyl groups is 2. The van der Waals surface area contributed by atoms with Crippen molar-refractivity contribution in [1.82, 2.24) is 15.3 Å². The molecule has 5 atom stereocenters. The predicted molar refractivity (Wildman–Crippen MR) is 186 cm³/mol. The molecule has 1 aromatic rings. The number of morpholine rings is 1. The van der Waals surface area contributed by atoms with E-state index in [1.165, 1.54) is 0 Å². The minimum absolute atomic E-state index is 0.137. The molecule has 48 heavy (non-hydrogen) atoms. The van der Waals surface area contributed by atoms with Crippen LogP contribution >= 0.6 is 0 Å². The van der Waals surface area contributed by atoms with Gasteiger partial charge in [0.05, 0.1) is 36.2 Å². The number of rotatable bonds is 18. The van der Waals surface area contributed by atoms with E-state index in [9.17, 15) is 33.4 Å². The van der Waals surface area contributed by atoms with Gasteiger partial charge >= 0.3 is 0 Å². The lowest BCUT2D eigenvalue weighted by Crippen LogP contribution is -2.57. The van der Waals surface area contributed by atoms with Crippen LogP contribution in [-0.4, -0.2) is 109 Å². The first kappa shape index (κ1) is 38.7. The van der Waals surface area contributed by atoms with Gasteiger partial charge in [-0.3, -0.25) is 14.5 Å². The van der Waals surface area contributed by atoms with Gasteiger partial charge in [0.2, 0.25) is 11.8 Å². The summed E-state index contributed by atoms with van der Waals surface area (Å²) in [5.41, 5.74) is 0.811. The molecule has 11 nitrogen and oxygen atoms in total. The molecule has 0 bridgehead atoms. The average Bonchev–Trinajstić information content (AvgIpc) is 3.66. The molecule has 272 valence electrons. The van der Waals surface area contributed by atoms with E-state index in [-0.39, 0.29) is 37.5 Å². The summed E-state index contributed by atoms with van der Waals surface area (Å²) in [7, 11) is -3.57. The van der Waals surface area contributed by atoms with Crippen molar-refractivity contribution in [3.05, 3.63) is 41.1 Å². The molecule has 3 aliphatic rings. The summed E-state index contributed by atoms with van der Waals surface area (Å²) in [6, 6.07) is 6.86. The maximum Gasteiger partial charge on any atom is 0.234 e. The first-order valence-corrected chi connectivity index (χ1v) is 20.0. The van der Waals surface area contributed by atoms with Crippen molar-refractivity contribution in [3.63, 3.8) is 0 Å². The quantitative estimate of drug-likeness (QED) is 0.196. The molecule has 1 saturated heterocycles. The van der Waals surface area contributed by atoms with Crippen LogP contribution in [0.2, 0.25) is 0 Å². The maximum absolute atomic E-state index is 14.0. The zero-order valence-electron chi connectivity index (χ0n) is 28.7. The number of hydrogen-bond acceptors (Lipinski definition) is 9.